The van der Waals surface area contributed by atoms with Gasteiger partial charge in [0.2, 0.25) is 0 Å². The quantitative estimate of drug-likeness (QED) is 0.929. The van der Waals surface area contributed by atoms with Crippen LogP contribution in [0.5, 0.6) is 0 Å². The van der Waals surface area contributed by atoms with E-state index in [0.29, 0.717) is 12.1 Å². The Morgan fingerprint density at radius 3 is 2.70 bits per heavy atom. The number of benzene rings is 1. The SMILES string of the molecule is CCC1CNC(c2ccccc2)CN1c1ccn(C)n1. The van der Waals surface area contributed by atoms with Gasteiger partial charge in [0.15, 0.2) is 5.82 Å². The Labute approximate surface area is 120 Å². The molecule has 1 aliphatic heterocycles. The number of nitrogens with zero attached hydrogens (tertiary/aromatic N) is 3. The summed E-state index contributed by atoms with van der Waals surface area (Å²) < 4.78 is 1.88. The normalized spacial score (nSPS) is 23.0. The van der Waals surface area contributed by atoms with Gasteiger partial charge in [-0.1, -0.05) is 37.3 Å². The Morgan fingerprint density at radius 1 is 1.25 bits per heavy atom. The van der Waals surface area contributed by atoms with Gasteiger partial charge in [-0.25, -0.2) is 0 Å². The van der Waals surface area contributed by atoms with Crippen LogP contribution in [0.25, 0.3) is 0 Å². The fourth-order valence-corrected chi connectivity index (χ4v) is 2.91. The van der Waals surface area contributed by atoms with Crippen LogP contribution in [0.2, 0.25) is 0 Å². The zero-order valence-corrected chi connectivity index (χ0v) is 12.2. The van der Waals surface area contributed by atoms with Crippen LogP contribution < -0.4 is 10.2 Å². The second-order valence-corrected chi connectivity index (χ2v) is 5.43. The van der Waals surface area contributed by atoms with Gasteiger partial charge in [0.05, 0.1) is 0 Å². The highest BCUT2D eigenvalue weighted by atomic mass is 15.4. The number of nitrogens with one attached hydrogen (secondary N) is 1. The molecule has 4 nitrogen and oxygen atoms in total. The third-order valence-electron chi connectivity index (χ3n) is 4.09. The molecule has 1 N–H and O–H groups in total. The Bertz CT molecular complexity index is 549. The average molecular weight is 270 g/mol. The predicted octanol–water partition coefficient (Wildman–Crippen LogP) is 2.35. The zero-order chi connectivity index (χ0) is 13.9. The summed E-state index contributed by atoms with van der Waals surface area (Å²) in [5.74, 6) is 1.08. The Hall–Kier alpha value is -1.81. The van der Waals surface area contributed by atoms with Crippen LogP contribution >= 0.6 is 0 Å². The van der Waals surface area contributed by atoms with E-state index in [2.05, 4.69) is 58.6 Å². The molecule has 0 radical (unpaired) electrons. The van der Waals surface area contributed by atoms with Gasteiger partial charge in [0.25, 0.3) is 0 Å². The minimum atomic E-state index is 0.376. The van der Waals surface area contributed by atoms with E-state index in [-0.39, 0.29) is 0 Å². The topological polar surface area (TPSA) is 33.1 Å². The summed E-state index contributed by atoms with van der Waals surface area (Å²) in [7, 11) is 1.97. The van der Waals surface area contributed by atoms with E-state index in [1.807, 2.05) is 17.9 Å². The monoisotopic (exact) mass is 270 g/mol. The van der Waals surface area contributed by atoms with Crippen molar-refractivity contribution in [1.82, 2.24) is 15.1 Å². The molecule has 3 rings (SSSR count). The lowest BCUT2D eigenvalue weighted by Gasteiger charge is -2.40. The van der Waals surface area contributed by atoms with Gasteiger partial charge in [0, 0.05) is 44.5 Å². The summed E-state index contributed by atoms with van der Waals surface area (Å²) in [6.45, 7) is 4.22. The van der Waals surface area contributed by atoms with Crippen LogP contribution in [0.4, 0.5) is 5.82 Å². The summed E-state index contributed by atoms with van der Waals surface area (Å²) in [6, 6.07) is 13.7. The average Bonchev–Trinajstić information content (AvgIpc) is 2.94. The second kappa shape index (κ2) is 5.67. The minimum Gasteiger partial charge on any atom is -0.349 e. The first-order chi connectivity index (χ1) is 9.78. The van der Waals surface area contributed by atoms with Crippen molar-refractivity contribution in [2.75, 3.05) is 18.0 Å². The van der Waals surface area contributed by atoms with E-state index < -0.39 is 0 Å². The number of piperazine rings is 1. The summed E-state index contributed by atoms with van der Waals surface area (Å²) in [5.41, 5.74) is 1.35. The summed E-state index contributed by atoms with van der Waals surface area (Å²) >= 11 is 0. The molecule has 2 atom stereocenters. The molecule has 106 valence electrons. The van der Waals surface area contributed by atoms with Crippen molar-refractivity contribution in [3.8, 4) is 0 Å². The van der Waals surface area contributed by atoms with E-state index in [9.17, 15) is 0 Å². The molecule has 0 bridgehead atoms. The van der Waals surface area contributed by atoms with Crippen LogP contribution in [0.15, 0.2) is 42.6 Å². The van der Waals surface area contributed by atoms with E-state index in [1.54, 1.807) is 0 Å². The number of hydrogen-bond acceptors (Lipinski definition) is 3. The lowest BCUT2D eigenvalue weighted by molar-refractivity contribution is 0.389. The van der Waals surface area contributed by atoms with Gasteiger partial charge in [-0.15, -0.1) is 0 Å². The minimum absolute atomic E-state index is 0.376. The smallest absolute Gasteiger partial charge is 0.150 e. The van der Waals surface area contributed by atoms with Crippen LogP contribution in [-0.2, 0) is 7.05 Å². The molecule has 1 aromatic carbocycles. The molecule has 1 aliphatic rings. The second-order valence-electron chi connectivity index (χ2n) is 5.43. The maximum Gasteiger partial charge on any atom is 0.150 e. The first-order valence-corrected chi connectivity index (χ1v) is 7.32. The summed E-state index contributed by atoms with van der Waals surface area (Å²) in [6.07, 6.45) is 3.15. The fourth-order valence-electron chi connectivity index (χ4n) is 2.91. The van der Waals surface area contributed by atoms with E-state index in [1.165, 1.54) is 5.56 Å². The summed E-state index contributed by atoms with van der Waals surface area (Å²) in [5, 5.41) is 8.24. The standard InChI is InChI=1S/C16H22N4/c1-3-14-11-17-15(13-7-5-4-6-8-13)12-20(14)16-9-10-19(2)18-16/h4-10,14-15,17H,3,11-12H2,1-2H3. The first-order valence-electron chi connectivity index (χ1n) is 7.32. The highest BCUT2D eigenvalue weighted by Crippen LogP contribution is 2.25. The number of rotatable bonds is 3. The van der Waals surface area contributed by atoms with Crippen molar-refractivity contribution in [3.63, 3.8) is 0 Å². The molecule has 2 unspecified atom stereocenters. The highest BCUT2D eigenvalue weighted by molar-refractivity contribution is 5.41. The number of hydrogen-bond donors (Lipinski definition) is 1. The largest absolute Gasteiger partial charge is 0.349 e. The van der Waals surface area contributed by atoms with Gasteiger partial charge in [-0.2, -0.15) is 5.10 Å². The third-order valence-corrected chi connectivity index (χ3v) is 4.09. The Balaban J connectivity index is 1.83. The van der Waals surface area contributed by atoms with Gasteiger partial charge < -0.3 is 10.2 Å². The molecule has 20 heavy (non-hydrogen) atoms. The molecule has 1 aromatic heterocycles. The fraction of sp³-hybridized carbons (Fsp3) is 0.438. The van der Waals surface area contributed by atoms with E-state index in [0.717, 1.165) is 25.3 Å². The molecule has 1 fully saturated rings. The van der Waals surface area contributed by atoms with Gasteiger partial charge in [-0.3, -0.25) is 4.68 Å². The van der Waals surface area contributed by atoms with Crippen molar-refractivity contribution >= 4 is 5.82 Å². The zero-order valence-electron chi connectivity index (χ0n) is 12.2. The number of anilines is 1. The first kappa shape index (κ1) is 13.2. The van der Waals surface area contributed by atoms with Crippen LogP contribution in [0.3, 0.4) is 0 Å². The maximum atomic E-state index is 4.58. The van der Waals surface area contributed by atoms with Crippen molar-refractivity contribution in [2.45, 2.75) is 25.4 Å². The molecule has 0 spiro atoms. The lowest BCUT2D eigenvalue weighted by Crippen LogP contribution is -2.52. The Kier molecular flexibility index (Phi) is 3.74. The predicted molar refractivity (Wildman–Crippen MR) is 81.8 cm³/mol. The molecular weight excluding hydrogens is 248 g/mol. The van der Waals surface area contributed by atoms with Gasteiger partial charge in [-0.05, 0) is 12.0 Å². The molecule has 2 aromatic rings. The van der Waals surface area contributed by atoms with Crippen molar-refractivity contribution in [3.05, 3.63) is 48.2 Å². The number of aromatic nitrogens is 2. The lowest BCUT2D eigenvalue weighted by atomic mass is 10.0. The van der Waals surface area contributed by atoms with Crippen LogP contribution in [0.1, 0.15) is 24.9 Å². The van der Waals surface area contributed by atoms with Gasteiger partial charge in [0.1, 0.15) is 0 Å². The van der Waals surface area contributed by atoms with Crippen molar-refractivity contribution < 1.29 is 0 Å². The molecule has 0 aliphatic carbocycles. The molecule has 2 heterocycles. The summed E-state index contributed by atoms with van der Waals surface area (Å²) in [4.78, 5) is 2.44. The highest BCUT2D eigenvalue weighted by Gasteiger charge is 2.28. The molecule has 0 amide bonds. The van der Waals surface area contributed by atoms with E-state index in [4.69, 9.17) is 0 Å². The van der Waals surface area contributed by atoms with Crippen molar-refractivity contribution in [1.29, 1.82) is 0 Å². The molecule has 1 saturated heterocycles. The Morgan fingerprint density at radius 2 is 2.05 bits per heavy atom. The van der Waals surface area contributed by atoms with Crippen molar-refractivity contribution in [2.24, 2.45) is 7.05 Å². The maximum absolute atomic E-state index is 4.58. The number of aryl methyl sites for hydroxylation is 1. The van der Waals surface area contributed by atoms with Crippen LogP contribution in [-0.4, -0.2) is 28.9 Å². The molecule has 4 heteroatoms. The molecular formula is C16H22N4. The van der Waals surface area contributed by atoms with Crippen LogP contribution in [0, 0.1) is 0 Å². The third kappa shape index (κ3) is 2.56. The molecule has 0 saturated carbocycles. The van der Waals surface area contributed by atoms with E-state index >= 15 is 0 Å². The van der Waals surface area contributed by atoms with Gasteiger partial charge >= 0.3 is 0 Å².